The van der Waals surface area contributed by atoms with E-state index in [4.69, 9.17) is 0 Å². The van der Waals surface area contributed by atoms with Gasteiger partial charge in [0.1, 0.15) is 0 Å². The summed E-state index contributed by atoms with van der Waals surface area (Å²) in [6.07, 6.45) is 0. The van der Waals surface area contributed by atoms with Gasteiger partial charge in [0.2, 0.25) is 0 Å². The molecule has 0 heteroatoms. The van der Waals surface area contributed by atoms with Gasteiger partial charge in [-0.15, -0.1) is 0 Å². The van der Waals surface area contributed by atoms with Crippen LogP contribution in [-0.2, 0) is 0 Å². The Kier molecular flexibility index (Phi) is 3.54. The van der Waals surface area contributed by atoms with Crippen molar-refractivity contribution in [2.75, 3.05) is 0 Å². The summed E-state index contributed by atoms with van der Waals surface area (Å²) in [6.45, 7) is 0. The fourth-order valence-electron chi connectivity index (χ4n) is 3.96. The van der Waals surface area contributed by atoms with Crippen LogP contribution < -0.4 is 0 Å². The molecule has 6 aromatic carbocycles. The van der Waals surface area contributed by atoms with E-state index in [9.17, 15) is 0 Å². The van der Waals surface area contributed by atoms with Gasteiger partial charge in [-0.2, -0.15) is 0 Å². The van der Waals surface area contributed by atoms with Crippen LogP contribution in [0.1, 0.15) is 0 Å². The molecule has 0 aliphatic heterocycles. The van der Waals surface area contributed by atoms with E-state index in [1.807, 2.05) is 36.4 Å². The van der Waals surface area contributed by atoms with Crippen molar-refractivity contribution in [3.8, 4) is 0 Å². The highest BCUT2D eigenvalue weighted by Crippen LogP contribution is 2.39. The standard InChI is InChI=1S/C20H12.C6H6/c1-5-13-6-2-11-17-18-12-4-8-14-7-3-10-16(20(14)18)15(9-1)19(13)17;1-2-4-6-5-3-1/h1-12H;1-6H. The van der Waals surface area contributed by atoms with Crippen LogP contribution in [0.4, 0.5) is 0 Å². The molecule has 0 radical (unpaired) electrons. The highest BCUT2D eigenvalue weighted by Gasteiger charge is 2.11. The van der Waals surface area contributed by atoms with E-state index in [1.54, 1.807) is 0 Å². The lowest BCUT2D eigenvalue weighted by atomic mass is 9.90. The van der Waals surface area contributed by atoms with Gasteiger partial charge in [0.15, 0.2) is 0 Å². The maximum Gasteiger partial charge on any atom is -0.00264 e. The van der Waals surface area contributed by atoms with Gasteiger partial charge in [0.25, 0.3) is 0 Å². The van der Waals surface area contributed by atoms with Crippen molar-refractivity contribution in [3.05, 3.63) is 109 Å². The second-order valence-corrected chi connectivity index (χ2v) is 6.57. The van der Waals surface area contributed by atoms with Crippen molar-refractivity contribution >= 4 is 43.1 Å². The van der Waals surface area contributed by atoms with E-state index < -0.39 is 0 Å². The first-order chi connectivity index (χ1) is 12.9. The maximum absolute atomic E-state index is 2.25. The number of hydrogen-bond acceptors (Lipinski definition) is 0. The number of rotatable bonds is 0. The molecule has 6 rings (SSSR count). The average Bonchev–Trinajstić information content (AvgIpc) is 2.73. The molecule has 0 saturated carbocycles. The molecule has 0 atom stereocenters. The minimum Gasteiger partial charge on any atom is -0.0623 e. The van der Waals surface area contributed by atoms with Crippen molar-refractivity contribution in [2.45, 2.75) is 0 Å². The Balaban J connectivity index is 0.000000215. The fourth-order valence-corrected chi connectivity index (χ4v) is 3.96. The minimum absolute atomic E-state index is 1.33. The smallest absolute Gasteiger partial charge is 0.00264 e. The summed E-state index contributed by atoms with van der Waals surface area (Å²) in [5.74, 6) is 0. The molecule has 0 amide bonds. The quantitative estimate of drug-likeness (QED) is 0.201. The number of fused-ring (bicyclic) bond motifs is 2. The van der Waals surface area contributed by atoms with Crippen molar-refractivity contribution in [3.63, 3.8) is 0 Å². The van der Waals surface area contributed by atoms with E-state index in [1.165, 1.54) is 43.1 Å². The third-order valence-electron chi connectivity index (χ3n) is 5.06. The topological polar surface area (TPSA) is 0 Å². The largest absolute Gasteiger partial charge is 0.0623 e. The van der Waals surface area contributed by atoms with Gasteiger partial charge in [-0.25, -0.2) is 0 Å². The van der Waals surface area contributed by atoms with Crippen molar-refractivity contribution in [1.82, 2.24) is 0 Å². The fraction of sp³-hybridized carbons (Fsp3) is 0. The van der Waals surface area contributed by atoms with E-state index in [0.717, 1.165) is 0 Å². The molecule has 0 spiro atoms. The Bertz CT molecular complexity index is 1120. The van der Waals surface area contributed by atoms with Crippen LogP contribution in [0, 0.1) is 0 Å². The molecule has 0 saturated heterocycles. The second kappa shape index (κ2) is 6.16. The van der Waals surface area contributed by atoms with Gasteiger partial charge < -0.3 is 0 Å². The summed E-state index contributed by atoms with van der Waals surface area (Å²) >= 11 is 0. The van der Waals surface area contributed by atoms with Crippen LogP contribution in [0.5, 0.6) is 0 Å². The van der Waals surface area contributed by atoms with Crippen LogP contribution in [0.3, 0.4) is 0 Å². The summed E-state index contributed by atoms with van der Waals surface area (Å²) in [6, 6.07) is 38.4. The Hall–Kier alpha value is -3.38. The average molecular weight is 330 g/mol. The molecule has 6 aromatic rings. The van der Waals surface area contributed by atoms with Crippen LogP contribution in [0.2, 0.25) is 0 Å². The van der Waals surface area contributed by atoms with Gasteiger partial charge in [-0.1, -0.05) is 109 Å². The zero-order valence-corrected chi connectivity index (χ0v) is 14.4. The Morgan fingerprint density at radius 3 is 0.808 bits per heavy atom. The zero-order valence-electron chi connectivity index (χ0n) is 14.4. The van der Waals surface area contributed by atoms with E-state index in [0.29, 0.717) is 0 Å². The van der Waals surface area contributed by atoms with Crippen molar-refractivity contribution < 1.29 is 0 Å². The lowest BCUT2D eigenvalue weighted by molar-refractivity contribution is 1.72. The highest BCUT2D eigenvalue weighted by molar-refractivity contribution is 6.32. The number of hydrogen-bond donors (Lipinski definition) is 0. The molecule has 0 fully saturated rings. The maximum atomic E-state index is 2.25. The molecule has 0 heterocycles. The van der Waals surface area contributed by atoms with E-state index >= 15 is 0 Å². The molecular weight excluding hydrogens is 312 g/mol. The van der Waals surface area contributed by atoms with Crippen LogP contribution in [0.25, 0.3) is 43.1 Å². The van der Waals surface area contributed by atoms with Gasteiger partial charge >= 0.3 is 0 Å². The lowest BCUT2D eigenvalue weighted by Crippen LogP contribution is -1.85. The van der Waals surface area contributed by atoms with Gasteiger partial charge in [0, 0.05) is 0 Å². The van der Waals surface area contributed by atoms with Crippen molar-refractivity contribution in [1.29, 1.82) is 0 Å². The predicted octanol–water partition coefficient (Wildman–Crippen LogP) is 7.42. The van der Waals surface area contributed by atoms with Crippen LogP contribution in [-0.4, -0.2) is 0 Å². The van der Waals surface area contributed by atoms with E-state index in [-0.39, 0.29) is 0 Å². The second-order valence-electron chi connectivity index (χ2n) is 6.57. The monoisotopic (exact) mass is 330 g/mol. The number of benzene rings is 6. The van der Waals surface area contributed by atoms with Gasteiger partial charge in [-0.05, 0) is 43.1 Å². The third-order valence-corrected chi connectivity index (χ3v) is 5.06. The summed E-state index contributed by atoms with van der Waals surface area (Å²) in [5.41, 5.74) is 0. The zero-order chi connectivity index (χ0) is 17.3. The molecule has 0 N–H and O–H groups in total. The summed E-state index contributed by atoms with van der Waals surface area (Å²) < 4.78 is 0. The molecule has 0 aromatic heterocycles. The normalized spacial score (nSPS) is 11.1. The van der Waals surface area contributed by atoms with E-state index in [2.05, 4.69) is 72.8 Å². The lowest BCUT2D eigenvalue weighted by Gasteiger charge is -2.13. The third kappa shape index (κ3) is 2.31. The summed E-state index contributed by atoms with van der Waals surface area (Å²) in [4.78, 5) is 0. The Morgan fingerprint density at radius 1 is 0.269 bits per heavy atom. The van der Waals surface area contributed by atoms with Crippen molar-refractivity contribution in [2.24, 2.45) is 0 Å². The SMILES string of the molecule is c1cc2cccc3c4cccc5cccc(c(c1)c23)c54.c1ccccc1. The Labute approximate surface area is 152 Å². The summed E-state index contributed by atoms with van der Waals surface area (Å²) in [5, 5.41) is 10.9. The molecule has 0 bridgehead atoms. The molecule has 0 unspecified atom stereocenters. The first-order valence-electron chi connectivity index (χ1n) is 8.98. The van der Waals surface area contributed by atoms with Crippen LogP contribution in [0.15, 0.2) is 109 Å². The predicted molar refractivity (Wildman–Crippen MR) is 114 cm³/mol. The molecule has 122 valence electrons. The molecule has 0 aliphatic rings. The molecule has 0 aliphatic carbocycles. The first-order valence-corrected chi connectivity index (χ1v) is 8.98. The van der Waals surface area contributed by atoms with Gasteiger partial charge in [-0.3, -0.25) is 0 Å². The molecule has 0 nitrogen and oxygen atoms in total. The highest BCUT2D eigenvalue weighted by atomic mass is 14.1. The summed E-state index contributed by atoms with van der Waals surface area (Å²) in [7, 11) is 0. The van der Waals surface area contributed by atoms with Crippen LogP contribution >= 0.6 is 0 Å². The molecule has 26 heavy (non-hydrogen) atoms. The van der Waals surface area contributed by atoms with Gasteiger partial charge in [0.05, 0.1) is 0 Å². The Morgan fingerprint density at radius 2 is 0.538 bits per heavy atom. The molecular formula is C26H18. The first kappa shape index (κ1) is 14.9. The minimum atomic E-state index is 1.33.